The van der Waals surface area contributed by atoms with Gasteiger partial charge in [0.05, 0.1) is 5.52 Å². The first-order valence-corrected chi connectivity index (χ1v) is 5.79. The minimum absolute atomic E-state index is 0.316. The highest BCUT2D eigenvalue weighted by Gasteiger charge is 2.04. The molecule has 0 fully saturated rings. The van der Waals surface area contributed by atoms with Gasteiger partial charge in [-0.2, -0.15) is 0 Å². The molecule has 0 radical (unpaired) electrons. The maximum atomic E-state index is 11.2. The number of nitrogens with zero attached hydrogens (tertiary/aromatic N) is 1. The van der Waals surface area contributed by atoms with Gasteiger partial charge >= 0.3 is 5.69 Å². The van der Waals surface area contributed by atoms with Gasteiger partial charge in [-0.15, -0.1) is 0 Å². The number of rotatable bonds is 1. The van der Waals surface area contributed by atoms with Crippen LogP contribution >= 0.6 is 0 Å². The van der Waals surface area contributed by atoms with Crippen LogP contribution < -0.4 is 5.69 Å². The molecule has 1 aromatic heterocycles. The maximum Gasteiger partial charge on any atom is 0.345 e. The number of hydrogen-bond acceptors (Lipinski definition) is 2. The van der Waals surface area contributed by atoms with Gasteiger partial charge in [0.25, 0.3) is 0 Å². The molecule has 3 heteroatoms. The van der Waals surface area contributed by atoms with Crippen molar-refractivity contribution in [2.45, 2.75) is 6.92 Å². The van der Waals surface area contributed by atoms with E-state index >= 15 is 0 Å². The zero-order valence-corrected chi connectivity index (χ0v) is 9.97. The smallest absolute Gasteiger partial charge is 0.305 e. The Balaban J connectivity index is 2.29. The van der Waals surface area contributed by atoms with Gasteiger partial charge in [0.1, 0.15) is 0 Å². The monoisotopic (exact) mass is 236 g/mol. The molecule has 3 aromatic rings. The predicted octanol–water partition coefficient (Wildman–Crippen LogP) is 2.90. The van der Waals surface area contributed by atoms with Crippen LogP contribution in [0, 0.1) is 6.92 Å². The predicted molar refractivity (Wildman–Crippen MR) is 72.5 cm³/mol. The van der Waals surface area contributed by atoms with E-state index in [-0.39, 0.29) is 5.69 Å². The fourth-order valence-electron chi connectivity index (χ4n) is 2.07. The Labute approximate surface area is 104 Å². The molecule has 0 saturated carbocycles. The topological polar surface area (TPSA) is 45.8 Å². The van der Waals surface area contributed by atoms with Crippen LogP contribution in [-0.2, 0) is 0 Å². The van der Waals surface area contributed by atoms with E-state index in [0.29, 0.717) is 0 Å². The Morgan fingerprint density at radius 3 is 2.61 bits per heavy atom. The molecule has 18 heavy (non-hydrogen) atoms. The number of aromatic amines is 1. The van der Waals surface area contributed by atoms with Gasteiger partial charge in [0.15, 0.2) is 0 Å². The molecular weight excluding hydrogens is 224 g/mol. The third kappa shape index (κ3) is 1.80. The lowest BCUT2D eigenvalue weighted by atomic mass is 10.0. The quantitative estimate of drug-likeness (QED) is 0.706. The van der Waals surface area contributed by atoms with Crippen molar-refractivity contribution in [3.63, 3.8) is 0 Å². The third-order valence-electron chi connectivity index (χ3n) is 3.02. The zero-order valence-electron chi connectivity index (χ0n) is 9.97. The molecule has 2 aromatic carbocycles. The number of fused-ring (bicyclic) bond motifs is 1. The van der Waals surface area contributed by atoms with Crippen molar-refractivity contribution < 1.29 is 0 Å². The SMILES string of the molecule is Cc1ccc(-c2cccc3[nH]c(=O)ncc23)cc1. The molecule has 0 unspecified atom stereocenters. The number of hydrogen-bond donors (Lipinski definition) is 1. The summed E-state index contributed by atoms with van der Waals surface area (Å²) in [5, 5.41) is 0.959. The second-order valence-corrected chi connectivity index (χ2v) is 4.32. The molecule has 0 aliphatic carbocycles. The van der Waals surface area contributed by atoms with Gasteiger partial charge in [0.2, 0.25) is 0 Å². The van der Waals surface area contributed by atoms with Crippen LogP contribution in [0.4, 0.5) is 0 Å². The van der Waals surface area contributed by atoms with Crippen LogP contribution in [0.2, 0.25) is 0 Å². The minimum Gasteiger partial charge on any atom is -0.305 e. The maximum absolute atomic E-state index is 11.2. The first-order chi connectivity index (χ1) is 8.74. The van der Waals surface area contributed by atoms with Gasteiger partial charge in [0, 0.05) is 11.6 Å². The summed E-state index contributed by atoms with van der Waals surface area (Å²) in [5.74, 6) is 0. The molecule has 0 spiro atoms. The normalized spacial score (nSPS) is 10.7. The molecule has 0 amide bonds. The average molecular weight is 236 g/mol. The second-order valence-electron chi connectivity index (χ2n) is 4.32. The first kappa shape index (κ1) is 10.7. The van der Waals surface area contributed by atoms with Crippen LogP contribution in [0.25, 0.3) is 22.0 Å². The molecule has 3 nitrogen and oxygen atoms in total. The number of aryl methyl sites for hydroxylation is 1. The number of aromatic nitrogens is 2. The highest BCUT2D eigenvalue weighted by Crippen LogP contribution is 2.26. The van der Waals surface area contributed by atoms with E-state index in [1.165, 1.54) is 5.56 Å². The largest absolute Gasteiger partial charge is 0.345 e. The van der Waals surface area contributed by atoms with Gasteiger partial charge in [-0.05, 0) is 24.1 Å². The number of nitrogens with one attached hydrogen (secondary N) is 1. The first-order valence-electron chi connectivity index (χ1n) is 5.79. The minimum atomic E-state index is -0.316. The van der Waals surface area contributed by atoms with Crippen LogP contribution in [0.3, 0.4) is 0 Å². The zero-order chi connectivity index (χ0) is 12.5. The van der Waals surface area contributed by atoms with Crippen molar-refractivity contribution in [3.05, 3.63) is 64.7 Å². The summed E-state index contributed by atoms with van der Waals surface area (Å²) in [6.07, 6.45) is 1.63. The molecule has 0 aliphatic rings. The van der Waals surface area contributed by atoms with E-state index in [1.54, 1.807) is 6.20 Å². The van der Waals surface area contributed by atoms with E-state index in [1.807, 2.05) is 18.2 Å². The van der Waals surface area contributed by atoms with Gasteiger partial charge in [-0.1, -0.05) is 42.0 Å². The molecule has 0 saturated heterocycles. The summed E-state index contributed by atoms with van der Waals surface area (Å²) >= 11 is 0. The van der Waals surface area contributed by atoms with Gasteiger partial charge in [-0.3, -0.25) is 0 Å². The molecule has 3 rings (SSSR count). The molecule has 1 heterocycles. The van der Waals surface area contributed by atoms with Crippen LogP contribution in [0.5, 0.6) is 0 Å². The Hall–Kier alpha value is -2.42. The number of benzene rings is 2. The fraction of sp³-hybridized carbons (Fsp3) is 0.0667. The second kappa shape index (κ2) is 4.11. The summed E-state index contributed by atoms with van der Waals surface area (Å²) in [6.45, 7) is 2.06. The average Bonchev–Trinajstić information content (AvgIpc) is 2.38. The van der Waals surface area contributed by atoms with Crippen molar-refractivity contribution in [1.29, 1.82) is 0 Å². The standard InChI is InChI=1S/C15H12N2O/c1-10-5-7-11(8-6-10)12-3-2-4-14-13(12)9-16-15(18)17-14/h2-9H,1H3,(H,16,17,18). The fourth-order valence-corrected chi connectivity index (χ4v) is 2.07. The van der Waals surface area contributed by atoms with Crippen LogP contribution in [0.15, 0.2) is 53.5 Å². The van der Waals surface area contributed by atoms with Crippen molar-refractivity contribution in [3.8, 4) is 11.1 Å². The Morgan fingerprint density at radius 1 is 1.06 bits per heavy atom. The van der Waals surface area contributed by atoms with E-state index in [4.69, 9.17) is 0 Å². The summed E-state index contributed by atoms with van der Waals surface area (Å²) in [5.41, 5.74) is 3.93. The number of H-pyrrole nitrogens is 1. The molecule has 0 aliphatic heterocycles. The molecule has 88 valence electrons. The molecular formula is C15H12N2O. The van der Waals surface area contributed by atoms with Crippen molar-refractivity contribution in [1.82, 2.24) is 9.97 Å². The van der Waals surface area contributed by atoms with Crippen LogP contribution in [-0.4, -0.2) is 9.97 Å². The van der Waals surface area contributed by atoms with E-state index in [9.17, 15) is 4.79 Å². The van der Waals surface area contributed by atoms with Gasteiger partial charge < -0.3 is 4.98 Å². The van der Waals surface area contributed by atoms with E-state index < -0.39 is 0 Å². The summed E-state index contributed by atoms with van der Waals surface area (Å²) < 4.78 is 0. The highest BCUT2D eigenvalue weighted by atomic mass is 16.1. The summed E-state index contributed by atoms with van der Waals surface area (Å²) in [7, 11) is 0. The summed E-state index contributed by atoms with van der Waals surface area (Å²) in [4.78, 5) is 17.8. The third-order valence-corrected chi connectivity index (χ3v) is 3.02. The molecule has 0 atom stereocenters. The Bertz CT molecular complexity index is 757. The lowest BCUT2D eigenvalue weighted by Gasteiger charge is -2.06. The van der Waals surface area contributed by atoms with E-state index in [0.717, 1.165) is 22.0 Å². The lowest BCUT2D eigenvalue weighted by molar-refractivity contribution is 1.12. The van der Waals surface area contributed by atoms with Gasteiger partial charge in [-0.25, -0.2) is 9.78 Å². The van der Waals surface area contributed by atoms with Crippen molar-refractivity contribution in [2.75, 3.05) is 0 Å². The summed E-state index contributed by atoms with van der Waals surface area (Å²) in [6, 6.07) is 14.2. The highest BCUT2D eigenvalue weighted by molar-refractivity contribution is 5.93. The van der Waals surface area contributed by atoms with E-state index in [2.05, 4.69) is 41.2 Å². The Kier molecular flexibility index (Phi) is 2.45. The van der Waals surface area contributed by atoms with Crippen LogP contribution in [0.1, 0.15) is 5.56 Å². The Morgan fingerprint density at radius 2 is 1.83 bits per heavy atom. The van der Waals surface area contributed by atoms with Crippen molar-refractivity contribution in [2.24, 2.45) is 0 Å². The molecule has 0 bridgehead atoms. The lowest BCUT2D eigenvalue weighted by Crippen LogP contribution is -2.08. The molecule has 1 N–H and O–H groups in total. The van der Waals surface area contributed by atoms with Crippen molar-refractivity contribution >= 4 is 10.9 Å².